The van der Waals surface area contributed by atoms with Gasteiger partial charge in [-0.2, -0.15) is 5.26 Å². The first kappa shape index (κ1) is 18.1. The van der Waals surface area contributed by atoms with Gasteiger partial charge in [-0.3, -0.25) is 4.79 Å². The third-order valence-corrected chi connectivity index (χ3v) is 4.23. The summed E-state index contributed by atoms with van der Waals surface area (Å²) in [5.41, 5.74) is 6.90. The van der Waals surface area contributed by atoms with E-state index in [9.17, 15) is 10.1 Å². The Bertz CT molecular complexity index is 793. The molecular weight excluding hydrogens is 326 g/mol. The first-order valence-corrected chi connectivity index (χ1v) is 7.64. The van der Waals surface area contributed by atoms with Crippen molar-refractivity contribution in [3.63, 3.8) is 0 Å². The second-order valence-corrected chi connectivity index (χ2v) is 5.98. The Morgan fingerprint density at radius 1 is 1.50 bits per heavy atom. The maximum Gasteiger partial charge on any atom is 0.237 e. The fourth-order valence-electron chi connectivity index (χ4n) is 2.98. The highest BCUT2D eigenvalue weighted by molar-refractivity contribution is 5.85. The number of carbonyl (C=O) groups is 1. The van der Waals surface area contributed by atoms with Gasteiger partial charge < -0.3 is 16.4 Å². The first-order chi connectivity index (χ1) is 11.1. The molecule has 0 saturated carbocycles. The van der Waals surface area contributed by atoms with E-state index >= 15 is 0 Å². The quantitative estimate of drug-likeness (QED) is 0.775. The number of halogens is 1. The summed E-state index contributed by atoms with van der Waals surface area (Å²) in [4.78, 5) is 16.9. The summed E-state index contributed by atoms with van der Waals surface area (Å²) in [5, 5.41) is 16.7. The summed E-state index contributed by atoms with van der Waals surface area (Å²) in [5.74, 6) is -0.243. The van der Waals surface area contributed by atoms with Crippen LogP contribution in [0.3, 0.4) is 0 Å². The zero-order chi connectivity index (χ0) is 16.4. The number of hydrogen-bond acceptors (Lipinski definition) is 5. The lowest BCUT2D eigenvalue weighted by Crippen LogP contribution is -2.53. The van der Waals surface area contributed by atoms with Crippen LogP contribution in [0, 0.1) is 11.3 Å². The second kappa shape index (κ2) is 7.14. The number of aromatic nitrogens is 1. The lowest BCUT2D eigenvalue weighted by molar-refractivity contribution is -0.123. The fourth-order valence-corrected chi connectivity index (χ4v) is 2.98. The van der Waals surface area contributed by atoms with Gasteiger partial charge >= 0.3 is 0 Å². The van der Waals surface area contributed by atoms with Crippen molar-refractivity contribution >= 4 is 29.2 Å². The lowest BCUT2D eigenvalue weighted by atomic mass is 9.89. The summed E-state index contributed by atoms with van der Waals surface area (Å²) >= 11 is 0. The van der Waals surface area contributed by atoms with E-state index in [1.165, 1.54) is 0 Å². The highest BCUT2D eigenvalue weighted by Crippen LogP contribution is 2.31. The number of nitriles is 1. The Morgan fingerprint density at radius 3 is 2.88 bits per heavy atom. The minimum absolute atomic E-state index is 0. The molecular formula is C17H20ClN5O. The molecule has 1 aliphatic heterocycles. The average Bonchev–Trinajstić information content (AvgIpc) is 3.03. The van der Waals surface area contributed by atoms with E-state index in [0.717, 1.165) is 17.4 Å². The molecule has 1 aromatic carbocycles. The van der Waals surface area contributed by atoms with E-state index in [-0.39, 0.29) is 18.3 Å². The minimum atomic E-state index is -0.695. The van der Waals surface area contributed by atoms with Gasteiger partial charge in [0.05, 0.1) is 28.4 Å². The summed E-state index contributed by atoms with van der Waals surface area (Å²) in [7, 11) is 0. The molecule has 1 saturated heterocycles. The molecule has 1 amide bonds. The van der Waals surface area contributed by atoms with Gasteiger partial charge in [-0.15, -0.1) is 12.4 Å². The largest absolute Gasteiger partial charge is 0.342 e. The zero-order valence-corrected chi connectivity index (χ0v) is 14.2. The molecule has 1 aromatic heterocycles. The summed E-state index contributed by atoms with van der Waals surface area (Å²) < 4.78 is 0. The van der Waals surface area contributed by atoms with Gasteiger partial charge in [-0.25, -0.2) is 4.98 Å². The van der Waals surface area contributed by atoms with Gasteiger partial charge in [-0.05, 0) is 32.0 Å². The van der Waals surface area contributed by atoms with Gasteiger partial charge in [0.2, 0.25) is 5.91 Å². The van der Waals surface area contributed by atoms with Crippen LogP contribution in [-0.2, 0) is 10.3 Å². The predicted molar refractivity (Wildman–Crippen MR) is 94.7 cm³/mol. The number of nitrogens with one attached hydrogen (secondary N) is 2. The van der Waals surface area contributed by atoms with Crippen LogP contribution in [-0.4, -0.2) is 30.0 Å². The van der Waals surface area contributed by atoms with Crippen LogP contribution in [0.5, 0.6) is 0 Å². The van der Waals surface area contributed by atoms with Crippen molar-refractivity contribution in [3.05, 3.63) is 41.6 Å². The number of nitrogens with two attached hydrogens (primary N) is 1. The molecule has 6 nitrogen and oxygen atoms in total. The smallest absolute Gasteiger partial charge is 0.237 e. The molecule has 24 heavy (non-hydrogen) atoms. The van der Waals surface area contributed by atoms with E-state index in [1.807, 2.05) is 30.3 Å². The first-order valence-electron chi connectivity index (χ1n) is 7.64. The number of para-hydroxylation sites is 1. The van der Waals surface area contributed by atoms with Gasteiger partial charge in [0.25, 0.3) is 0 Å². The number of fused-ring (bicyclic) bond motifs is 1. The van der Waals surface area contributed by atoms with E-state index in [2.05, 4.69) is 16.7 Å². The molecule has 3 rings (SSSR count). The Kier molecular flexibility index (Phi) is 5.40. The summed E-state index contributed by atoms with van der Waals surface area (Å²) in [6.45, 7) is 2.93. The zero-order valence-electron chi connectivity index (χ0n) is 13.4. The number of pyridine rings is 1. The molecule has 1 fully saturated rings. The number of benzene rings is 1. The molecule has 0 radical (unpaired) electrons. The third kappa shape index (κ3) is 3.20. The molecule has 0 unspecified atom stereocenters. The van der Waals surface area contributed by atoms with E-state index < -0.39 is 11.6 Å². The normalized spacial score (nSPS) is 20.9. The van der Waals surface area contributed by atoms with Crippen LogP contribution >= 0.6 is 12.4 Å². The monoisotopic (exact) mass is 345 g/mol. The van der Waals surface area contributed by atoms with Crippen molar-refractivity contribution in [1.29, 1.82) is 5.26 Å². The Balaban J connectivity index is 0.00000208. The van der Waals surface area contributed by atoms with Crippen molar-refractivity contribution in [2.75, 3.05) is 13.1 Å². The topological polar surface area (TPSA) is 104 Å². The van der Waals surface area contributed by atoms with Gasteiger partial charge in [0.15, 0.2) is 0 Å². The third-order valence-electron chi connectivity index (χ3n) is 4.23. The van der Waals surface area contributed by atoms with E-state index in [1.54, 1.807) is 6.92 Å². The highest BCUT2D eigenvalue weighted by Gasteiger charge is 2.41. The highest BCUT2D eigenvalue weighted by atomic mass is 35.5. The molecule has 0 aliphatic carbocycles. The molecule has 0 spiro atoms. The average molecular weight is 346 g/mol. The van der Waals surface area contributed by atoms with Crippen molar-refractivity contribution < 1.29 is 4.79 Å². The molecule has 4 N–H and O–H groups in total. The maximum absolute atomic E-state index is 12.2. The predicted octanol–water partition coefficient (Wildman–Crippen LogP) is 1.18. The summed E-state index contributed by atoms with van der Waals surface area (Å²) in [6.07, 6.45) is 0.672. The van der Waals surface area contributed by atoms with E-state index in [0.29, 0.717) is 24.2 Å². The van der Waals surface area contributed by atoms with Gasteiger partial charge in [0, 0.05) is 11.9 Å². The summed E-state index contributed by atoms with van der Waals surface area (Å²) in [6, 6.07) is 11.1. The molecule has 2 atom stereocenters. The molecule has 0 bridgehead atoms. The Morgan fingerprint density at radius 2 is 2.25 bits per heavy atom. The lowest BCUT2D eigenvalue weighted by Gasteiger charge is -2.31. The maximum atomic E-state index is 12.2. The standard InChI is InChI=1S/C17H19N5O.ClH/c1-11(19)16(23)22-17(6-7-20-10-17)15-13(9-18)8-12-4-2-3-5-14(12)21-15;/h2-5,8,11,20H,6-7,10,19H2,1H3,(H,22,23);1H/t11-,17-;/m0./s1. The van der Waals surface area contributed by atoms with Crippen LogP contribution < -0.4 is 16.4 Å². The number of carbonyl (C=O) groups excluding carboxylic acids is 1. The molecule has 126 valence electrons. The number of amides is 1. The Labute approximate surface area is 146 Å². The van der Waals surface area contributed by atoms with Crippen LogP contribution in [0.15, 0.2) is 30.3 Å². The Hall–Kier alpha value is -2.20. The van der Waals surface area contributed by atoms with Crippen molar-refractivity contribution in [1.82, 2.24) is 15.6 Å². The van der Waals surface area contributed by atoms with Crippen LogP contribution in [0.4, 0.5) is 0 Å². The second-order valence-electron chi connectivity index (χ2n) is 5.98. The molecule has 7 heteroatoms. The van der Waals surface area contributed by atoms with Crippen LogP contribution in [0.1, 0.15) is 24.6 Å². The molecule has 2 heterocycles. The van der Waals surface area contributed by atoms with Gasteiger partial charge in [0.1, 0.15) is 6.07 Å². The van der Waals surface area contributed by atoms with Crippen LogP contribution in [0.25, 0.3) is 10.9 Å². The SMILES string of the molecule is C[C@H](N)C(=O)N[C@@]1(c2nc3ccccc3cc2C#N)CCNC1.Cl. The molecule has 1 aliphatic rings. The molecule has 2 aromatic rings. The number of nitrogens with zero attached hydrogens (tertiary/aromatic N) is 2. The van der Waals surface area contributed by atoms with Crippen molar-refractivity contribution in [2.45, 2.75) is 24.9 Å². The van der Waals surface area contributed by atoms with Crippen molar-refractivity contribution in [2.24, 2.45) is 5.73 Å². The van der Waals surface area contributed by atoms with Gasteiger partial charge in [-0.1, -0.05) is 18.2 Å². The van der Waals surface area contributed by atoms with Crippen LogP contribution in [0.2, 0.25) is 0 Å². The number of rotatable bonds is 3. The fraction of sp³-hybridized carbons (Fsp3) is 0.353. The van der Waals surface area contributed by atoms with E-state index in [4.69, 9.17) is 10.7 Å². The minimum Gasteiger partial charge on any atom is -0.342 e. The van der Waals surface area contributed by atoms with Crippen molar-refractivity contribution in [3.8, 4) is 6.07 Å². The number of hydrogen-bond donors (Lipinski definition) is 3.